The van der Waals surface area contributed by atoms with Crippen molar-refractivity contribution in [1.29, 1.82) is 0 Å². The fourth-order valence-corrected chi connectivity index (χ4v) is 6.78. The van der Waals surface area contributed by atoms with E-state index in [0.717, 1.165) is 33.0 Å². The SMILES string of the molecule is CCOC(=O)C1=C(C)N=c2sc(=Cc3ccc(OCc4cccc5ccccc45)c(OC)c3)c(=O)n2C1c1ccc(C)c(OC)c1. The lowest BCUT2D eigenvalue weighted by Crippen LogP contribution is -2.40. The lowest BCUT2D eigenvalue weighted by Gasteiger charge is -2.25. The molecule has 1 atom stereocenters. The molecular weight excluding hydrogens is 600 g/mol. The van der Waals surface area contributed by atoms with Crippen LogP contribution in [-0.4, -0.2) is 31.4 Å². The molecule has 6 rings (SSSR count). The van der Waals surface area contributed by atoms with Gasteiger partial charge in [-0.3, -0.25) is 9.36 Å². The minimum absolute atomic E-state index is 0.202. The van der Waals surface area contributed by atoms with Crippen molar-refractivity contribution in [1.82, 2.24) is 4.57 Å². The summed E-state index contributed by atoms with van der Waals surface area (Å²) in [4.78, 5) is 32.5. The van der Waals surface area contributed by atoms with E-state index in [4.69, 9.17) is 18.9 Å². The highest BCUT2D eigenvalue weighted by molar-refractivity contribution is 7.07. The van der Waals surface area contributed by atoms with Crippen molar-refractivity contribution in [2.24, 2.45) is 4.99 Å². The molecule has 0 saturated heterocycles. The summed E-state index contributed by atoms with van der Waals surface area (Å²) >= 11 is 1.26. The Balaban J connectivity index is 1.38. The number of carbonyl (C=O) groups is 1. The van der Waals surface area contributed by atoms with Crippen LogP contribution in [0.25, 0.3) is 16.8 Å². The van der Waals surface area contributed by atoms with Crippen LogP contribution in [0.2, 0.25) is 0 Å². The van der Waals surface area contributed by atoms with Gasteiger partial charge in [0.1, 0.15) is 12.4 Å². The van der Waals surface area contributed by atoms with E-state index in [1.54, 1.807) is 38.7 Å². The Morgan fingerprint density at radius 2 is 1.72 bits per heavy atom. The number of benzene rings is 4. The Hall–Kier alpha value is -5.15. The molecule has 0 bridgehead atoms. The third-order valence-electron chi connectivity index (χ3n) is 8.01. The van der Waals surface area contributed by atoms with Gasteiger partial charge in [-0.2, -0.15) is 0 Å². The van der Waals surface area contributed by atoms with Crippen LogP contribution < -0.4 is 29.1 Å². The standard InChI is InChI=1S/C37H34N2O6S/c1-6-44-36(41)33-23(3)38-37-39(34(33)26-16-14-22(2)30(20-26)42-4)35(40)32(46-37)19-24-15-17-29(31(18-24)43-5)45-21-27-12-9-11-25-10-7-8-13-28(25)27/h7-20,34H,6,21H2,1-5H3. The monoisotopic (exact) mass is 634 g/mol. The van der Waals surface area contributed by atoms with E-state index < -0.39 is 12.0 Å². The first kappa shape index (κ1) is 30.9. The van der Waals surface area contributed by atoms with Crippen molar-refractivity contribution in [2.75, 3.05) is 20.8 Å². The van der Waals surface area contributed by atoms with Gasteiger partial charge in [0.2, 0.25) is 0 Å². The number of nitrogens with zero attached hydrogens (tertiary/aromatic N) is 2. The van der Waals surface area contributed by atoms with Gasteiger partial charge in [-0.15, -0.1) is 0 Å². The minimum Gasteiger partial charge on any atom is -0.496 e. The molecular formula is C37H34N2O6S. The summed E-state index contributed by atoms with van der Waals surface area (Å²) < 4.78 is 24.9. The van der Waals surface area contributed by atoms with E-state index >= 15 is 0 Å². The van der Waals surface area contributed by atoms with Crippen LogP contribution in [0.4, 0.5) is 0 Å². The molecule has 0 saturated carbocycles. The molecule has 234 valence electrons. The van der Waals surface area contributed by atoms with E-state index in [1.165, 1.54) is 11.3 Å². The average molecular weight is 635 g/mol. The minimum atomic E-state index is -0.730. The summed E-state index contributed by atoms with van der Waals surface area (Å²) in [7, 11) is 3.19. The van der Waals surface area contributed by atoms with Crippen molar-refractivity contribution < 1.29 is 23.7 Å². The van der Waals surface area contributed by atoms with Crippen LogP contribution in [0, 0.1) is 6.92 Å². The van der Waals surface area contributed by atoms with Gasteiger partial charge in [0.15, 0.2) is 16.3 Å². The van der Waals surface area contributed by atoms with Crippen molar-refractivity contribution >= 4 is 34.2 Å². The zero-order valence-electron chi connectivity index (χ0n) is 26.3. The second-order valence-corrected chi connectivity index (χ2v) is 11.9. The summed E-state index contributed by atoms with van der Waals surface area (Å²) in [5.41, 5.74) is 4.06. The Morgan fingerprint density at radius 3 is 2.50 bits per heavy atom. The molecule has 1 aromatic heterocycles. The maximum Gasteiger partial charge on any atom is 0.338 e. The summed E-state index contributed by atoms with van der Waals surface area (Å²) in [6.45, 7) is 6.04. The number of aryl methyl sites for hydroxylation is 1. The number of hydrogen-bond donors (Lipinski definition) is 0. The number of carbonyl (C=O) groups excluding carboxylic acids is 1. The van der Waals surface area contributed by atoms with E-state index in [-0.39, 0.29) is 12.2 Å². The molecule has 46 heavy (non-hydrogen) atoms. The molecule has 8 nitrogen and oxygen atoms in total. The highest BCUT2D eigenvalue weighted by Crippen LogP contribution is 2.34. The quantitative estimate of drug-likeness (QED) is 0.189. The fraction of sp³-hybridized carbons (Fsp3) is 0.216. The van der Waals surface area contributed by atoms with Crippen LogP contribution in [0.3, 0.4) is 0 Å². The number of ether oxygens (including phenoxy) is 4. The predicted molar refractivity (Wildman–Crippen MR) is 179 cm³/mol. The Labute approximate surface area is 270 Å². The number of hydrogen-bond acceptors (Lipinski definition) is 8. The van der Waals surface area contributed by atoms with E-state index in [0.29, 0.717) is 44.5 Å². The van der Waals surface area contributed by atoms with Crippen LogP contribution in [-0.2, 0) is 16.1 Å². The van der Waals surface area contributed by atoms with E-state index in [2.05, 4.69) is 29.3 Å². The van der Waals surface area contributed by atoms with Crippen molar-refractivity contribution in [3.63, 3.8) is 0 Å². The zero-order valence-corrected chi connectivity index (χ0v) is 27.1. The smallest absolute Gasteiger partial charge is 0.338 e. The molecule has 1 unspecified atom stereocenters. The third kappa shape index (κ3) is 5.81. The summed E-state index contributed by atoms with van der Waals surface area (Å²) in [5.74, 6) is 1.29. The lowest BCUT2D eigenvalue weighted by molar-refractivity contribution is -0.139. The Bertz CT molecular complexity index is 2170. The topological polar surface area (TPSA) is 88.4 Å². The van der Waals surface area contributed by atoms with Gasteiger partial charge >= 0.3 is 5.97 Å². The molecule has 0 fully saturated rings. The largest absolute Gasteiger partial charge is 0.496 e. The number of allylic oxidation sites excluding steroid dienone is 1. The van der Waals surface area contributed by atoms with Gasteiger partial charge in [0.05, 0.1) is 42.7 Å². The van der Waals surface area contributed by atoms with Crippen LogP contribution in [0.5, 0.6) is 17.2 Å². The first-order valence-electron chi connectivity index (χ1n) is 14.9. The van der Waals surface area contributed by atoms with Gasteiger partial charge in [-0.1, -0.05) is 72.0 Å². The molecule has 0 spiro atoms. The molecule has 4 aromatic carbocycles. The maximum absolute atomic E-state index is 14.1. The van der Waals surface area contributed by atoms with Crippen molar-refractivity contribution in [3.8, 4) is 17.2 Å². The summed E-state index contributed by atoms with van der Waals surface area (Å²) in [6, 6.07) is 24.9. The molecule has 1 aliphatic heterocycles. The highest BCUT2D eigenvalue weighted by Gasteiger charge is 2.33. The molecule has 0 aliphatic carbocycles. The third-order valence-corrected chi connectivity index (χ3v) is 9.00. The maximum atomic E-state index is 14.1. The number of fused-ring (bicyclic) bond motifs is 2. The molecule has 5 aromatic rings. The number of rotatable bonds is 9. The van der Waals surface area contributed by atoms with Gasteiger partial charge in [0, 0.05) is 0 Å². The van der Waals surface area contributed by atoms with Gasteiger partial charge in [-0.25, -0.2) is 9.79 Å². The van der Waals surface area contributed by atoms with Gasteiger partial charge in [-0.05, 0) is 78.1 Å². The summed E-state index contributed by atoms with van der Waals surface area (Å²) in [5, 5.41) is 2.29. The average Bonchev–Trinajstić information content (AvgIpc) is 3.37. The first-order chi connectivity index (χ1) is 22.3. The predicted octanol–water partition coefficient (Wildman–Crippen LogP) is 5.86. The molecule has 0 amide bonds. The summed E-state index contributed by atoms with van der Waals surface area (Å²) in [6.07, 6.45) is 1.80. The number of methoxy groups -OCH3 is 2. The lowest BCUT2D eigenvalue weighted by atomic mass is 9.95. The molecule has 0 N–H and O–H groups in total. The van der Waals surface area contributed by atoms with E-state index in [9.17, 15) is 9.59 Å². The van der Waals surface area contributed by atoms with E-state index in [1.807, 2.05) is 61.5 Å². The normalized spacial score (nSPS) is 14.5. The number of esters is 1. The van der Waals surface area contributed by atoms with Gasteiger partial charge in [0.25, 0.3) is 5.56 Å². The van der Waals surface area contributed by atoms with Crippen molar-refractivity contribution in [3.05, 3.63) is 132 Å². The first-order valence-corrected chi connectivity index (χ1v) is 15.8. The van der Waals surface area contributed by atoms with Crippen LogP contribution in [0.1, 0.15) is 42.1 Å². The fourth-order valence-electron chi connectivity index (χ4n) is 5.73. The zero-order chi connectivity index (χ0) is 32.4. The van der Waals surface area contributed by atoms with Crippen LogP contribution in [0.15, 0.2) is 99.9 Å². The number of aromatic nitrogens is 1. The second-order valence-electron chi connectivity index (χ2n) is 10.9. The highest BCUT2D eigenvalue weighted by atomic mass is 32.1. The molecule has 9 heteroatoms. The number of thiazole rings is 1. The molecule has 1 aliphatic rings. The molecule has 2 heterocycles. The van der Waals surface area contributed by atoms with Crippen molar-refractivity contribution in [2.45, 2.75) is 33.4 Å². The van der Waals surface area contributed by atoms with Crippen LogP contribution >= 0.6 is 11.3 Å². The molecule has 0 radical (unpaired) electrons. The van der Waals surface area contributed by atoms with Gasteiger partial charge < -0.3 is 18.9 Å². The Morgan fingerprint density at radius 1 is 0.935 bits per heavy atom. The Kier molecular flexibility index (Phi) is 8.76. The second kappa shape index (κ2) is 13.1.